The van der Waals surface area contributed by atoms with Gasteiger partial charge in [-0.15, -0.1) is 0 Å². The Morgan fingerprint density at radius 1 is 1.40 bits per heavy atom. The number of nitrogens with two attached hydrogens (primary N) is 1. The van der Waals surface area contributed by atoms with Gasteiger partial charge < -0.3 is 0 Å². The van der Waals surface area contributed by atoms with E-state index in [9.17, 15) is 0 Å². The molecule has 1 atom stereocenters. The molecule has 1 aromatic rings. The van der Waals surface area contributed by atoms with Crippen LogP contribution in [0.15, 0.2) is 24.3 Å². The van der Waals surface area contributed by atoms with Crippen LogP contribution in [0.2, 0.25) is 4.94 Å². The Morgan fingerprint density at radius 2 is 2.07 bits per heavy atom. The minimum atomic E-state index is -1.83. The average Bonchev–Trinajstić information content (AvgIpc) is 2.25. The fourth-order valence-corrected chi connectivity index (χ4v) is 6.44. The average molecular weight is 313 g/mol. The minimum absolute atomic E-state index is 0.113. The van der Waals surface area contributed by atoms with Crippen molar-refractivity contribution in [3.8, 4) is 0 Å². The maximum atomic E-state index is 5.96. The Labute approximate surface area is 100 Å². The molecule has 1 rings (SSSR count). The molecule has 0 saturated heterocycles. The molecule has 15 heavy (non-hydrogen) atoms. The van der Waals surface area contributed by atoms with E-state index in [0.29, 0.717) is 0 Å². The Hall–Kier alpha value is -0.0613. The second-order valence-electron chi connectivity index (χ2n) is 3.78. The van der Waals surface area contributed by atoms with Crippen LogP contribution in [0.3, 0.4) is 0 Å². The summed E-state index contributed by atoms with van der Waals surface area (Å²) in [6, 6.07) is 8.56. The van der Waals surface area contributed by atoms with Gasteiger partial charge in [-0.2, -0.15) is 0 Å². The third kappa shape index (κ3) is 3.78. The van der Waals surface area contributed by atoms with E-state index in [-0.39, 0.29) is 6.04 Å². The summed E-state index contributed by atoms with van der Waals surface area (Å²) in [5.74, 6) is 0. The van der Waals surface area contributed by atoms with E-state index in [0.717, 1.165) is 13.0 Å². The number of rotatable bonds is 5. The van der Waals surface area contributed by atoms with Crippen LogP contribution in [0.1, 0.15) is 31.9 Å². The summed E-state index contributed by atoms with van der Waals surface area (Å²) in [4.78, 5) is 2.28. The van der Waals surface area contributed by atoms with Gasteiger partial charge in [0.2, 0.25) is 0 Å². The monoisotopic (exact) mass is 314 g/mol. The van der Waals surface area contributed by atoms with Crippen molar-refractivity contribution < 1.29 is 3.07 Å². The van der Waals surface area contributed by atoms with Gasteiger partial charge in [-0.1, -0.05) is 0 Å². The van der Waals surface area contributed by atoms with E-state index in [1.54, 1.807) is 0 Å². The Kier molecular flexibility index (Phi) is 5.64. The molecule has 0 saturated carbocycles. The summed E-state index contributed by atoms with van der Waals surface area (Å²) in [6.45, 7) is 5.07. The first-order valence-corrected chi connectivity index (χ1v) is 10.9. The molecule has 0 fully saturated rings. The topological polar surface area (TPSA) is 35.2 Å². The molecular formula is C12H20NOSn. The second kappa shape index (κ2) is 6.51. The fraction of sp³-hybridized carbons (Fsp3) is 0.500. The first-order chi connectivity index (χ1) is 7.16. The predicted molar refractivity (Wildman–Crippen MR) is 66.5 cm³/mol. The third-order valence-corrected chi connectivity index (χ3v) is 7.64. The van der Waals surface area contributed by atoms with Gasteiger partial charge in [-0.3, -0.25) is 0 Å². The number of benzene rings is 1. The van der Waals surface area contributed by atoms with E-state index in [1.807, 2.05) is 6.92 Å². The molecule has 0 amide bonds. The molecule has 1 radical (unpaired) electrons. The van der Waals surface area contributed by atoms with Gasteiger partial charge >= 0.3 is 100 Å². The van der Waals surface area contributed by atoms with Crippen molar-refractivity contribution in [3.05, 3.63) is 29.8 Å². The van der Waals surface area contributed by atoms with Gasteiger partial charge in [-0.05, 0) is 0 Å². The van der Waals surface area contributed by atoms with Gasteiger partial charge in [0, 0.05) is 0 Å². The Bertz CT molecular complexity index is 301. The Morgan fingerprint density at radius 3 is 2.67 bits per heavy atom. The molecule has 0 aromatic heterocycles. The normalized spacial score (nSPS) is 13.1. The van der Waals surface area contributed by atoms with Gasteiger partial charge in [0.1, 0.15) is 0 Å². The van der Waals surface area contributed by atoms with Crippen LogP contribution in [0.5, 0.6) is 0 Å². The third-order valence-electron chi connectivity index (χ3n) is 2.35. The maximum absolute atomic E-state index is 5.96. The van der Waals surface area contributed by atoms with Crippen LogP contribution in [-0.4, -0.2) is 26.8 Å². The zero-order valence-electron chi connectivity index (χ0n) is 9.79. The first kappa shape index (κ1) is 13.0. The molecule has 2 N–H and O–H groups in total. The van der Waals surface area contributed by atoms with Crippen LogP contribution in [0.25, 0.3) is 0 Å². The summed E-state index contributed by atoms with van der Waals surface area (Å²) in [5, 5.41) is 0. The SMILES string of the molecule is CCC[O][Sn]([CH3])[c]1ccccc1C(C)N. The van der Waals surface area contributed by atoms with Crippen molar-refractivity contribution in [2.45, 2.75) is 31.2 Å². The standard InChI is InChI=1S/C8H10N.C3H7O.CH3.Sn/c1-7(9)8-5-3-2-4-6-8;1-2-3-4;;/h2-5,7H,9H2,1H3;2-3H2,1H3;1H3;/q;-1;;+1. The van der Waals surface area contributed by atoms with Gasteiger partial charge in [0.05, 0.1) is 0 Å². The molecule has 0 spiro atoms. The predicted octanol–water partition coefficient (Wildman–Crippen LogP) is 1.96. The van der Waals surface area contributed by atoms with E-state index >= 15 is 0 Å². The first-order valence-electron chi connectivity index (χ1n) is 5.48. The molecule has 0 heterocycles. The summed E-state index contributed by atoms with van der Waals surface area (Å²) >= 11 is -1.83. The van der Waals surface area contributed by atoms with Gasteiger partial charge in [0.25, 0.3) is 0 Å². The van der Waals surface area contributed by atoms with Crippen molar-refractivity contribution in [1.29, 1.82) is 0 Å². The molecule has 0 aliphatic heterocycles. The fourth-order valence-electron chi connectivity index (χ4n) is 1.55. The molecule has 0 aliphatic rings. The van der Waals surface area contributed by atoms with Gasteiger partial charge in [-0.25, -0.2) is 0 Å². The molecule has 0 aliphatic carbocycles. The molecule has 1 unspecified atom stereocenters. The van der Waals surface area contributed by atoms with Crippen LogP contribution in [0.4, 0.5) is 0 Å². The quantitative estimate of drug-likeness (QED) is 0.844. The summed E-state index contributed by atoms with van der Waals surface area (Å²) in [7, 11) is 0. The van der Waals surface area contributed by atoms with Crippen molar-refractivity contribution >= 4 is 23.8 Å². The van der Waals surface area contributed by atoms with Crippen LogP contribution in [-0.2, 0) is 3.07 Å². The number of hydrogen-bond acceptors (Lipinski definition) is 2. The van der Waals surface area contributed by atoms with E-state index in [1.165, 1.54) is 9.14 Å². The van der Waals surface area contributed by atoms with Crippen LogP contribution in [0, 0.1) is 0 Å². The molecule has 2 nitrogen and oxygen atoms in total. The molecule has 83 valence electrons. The van der Waals surface area contributed by atoms with Crippen LogP contribution < -0.4 is 9.31 Å². The summed E-state index contributed by atoms with van der Waals surface area (Å²) in [5.41, 5.74) is 7.23. The molecule has 1 aromatic carbocycles. The van der Waals surface area contributed by atoms with Crippen LogP contribution >= 0.6 is 0 Å². The summed E-state index contributed by atoms with van der Waals surface area (Å²) in [6.07, 6.45) is 1.10. The zero-order chi connectivity index (χ0) is 11.3. The van der Waals surface area contributed by atoms with Crippen molar-refractivity contribution in [1.82, 2.24) is 0 Å². The molecule has 0 bridgehead atoms. The van der Waals surface area contributed by atoms with E-state index in [4.69, 9.17) is 8.81 Å². The van der Waals surface area contributed by atoms with E-state index in [2.05, 4.69) is 36.1 Å². The molecular weight excluding hydrogens is 293 g/mol. The zero-order valence-corrected chi connectivity index (χ0v) is 12.6. The molecule has 3 heteroatoms. The Balaban J connectivity index is 2.82. The summed E-state index contributed by atoms with van der Waals surface area (Å²) < 4.78 is 7.32. The van der Waals surface area contributed by atoms with Crippen molar-refractivity contribution in [2.75, 3.05) is 6.61 Å². The van der Waals surface area contributed by atoms with Crippen molar-refractivity contribution in [3.63, 3.8) is 0 Å². The number of hydrogen-bond donors (Lipinski definition) is 1. The van der Waals surface area contributed by atoms with Gasteiger partial charge in [0.15, 0.2) is 0 Å². The van der Waals surface area contributed by atoms with E-state index < -0.39 is 20.2 Å². The second-order valence-corrected chi connectivity index (χ2v) is 9.32. The van der Waals surface area contributed by atoms with Crippen molar-refractivity contribution in [2.24, 2.45) is 5.73 Å².